The van der Waals surface area contributed by atoms with Crippen molar-refractivity contribution in [2.24, 2.45) is 0 Å². The highest BCUT2D eigenvalue weighted by Gasteiger charge is 2.22. The Labute approximate surface area is 135 Å². The molecule has 0 aliphatic heterocycles. The van der Waals surface area contributed by atoms with Crippen LogP contribution < -0.4 is 0 Å². The molecular weight excluding hydrogens is 327 g/mol. The molecule has 5 nitrogen and oxygen atoms in total. The average Bonchev–Trinajstić information content (AvgIpc) is 3.00. The molecule has 112 valence electrons. The summed E-state index contributed by atoms with van der Waals surface area (Å²) in [6, 6.07) is 5.13. The number of hydrogen-bond acceptors (Lipinski definition) is 4. The third-order valence-corrected chi connectivity index (χ3v) is 4.07. The van der Waals surface area contributed by atoms with Crippen molar-refractivity contribution in [2.45, 2.75) is 12.3 Å². The van der Waals surface area contributed by atoms with Gasteiger partial charge in [0.1, 0.15) is 0 Å². The van der Waals surface area contributed by atoms with Crippen LogP contribution in [0.3, 0.4) is 0 Å². The number of aliphatic carboxylic acids is 1. The minimum atomic E-state index is -0.987. The molecule has 1 N–H and O–H groups in total. The monoisotopic (exact) mass is 336 g/mol. The first kappa shape index (κ1) is 14.8. The SMILES string of the molecule is O=C(O)C1=CC(c2nnc(-c3cccc(Cl)c3Cl)o2)CC=C1. The molecule has 0 bridgehead atoms. The van der Waals surface area contributed by atoms with Crippen LogP contribution in [0.15, 0.2) is 46.4 Å². The molecule has 0 amide bonds. The maximum atomic E-state index is 11.0. The molecule has 22 heavy (non-hydrogen) atoms. The zero-order chi connectivity index (χ0) is 15.7. The van der Waals surface area contributed by atoms with E-state index in [0.29, 0.717) is 27.9 Å². The lowest BCUT2D eigenvalue weighted by molar-refractivity contribution is -0.132. The first-order valence-electron chi connectivity index (χ1n) is 6.45. The van der Waals surface area contributed by atoms with E-state index in [1.165, 1.54) is 0 Å². The Morgan fingerprint density at radius 2 is 2.14 bits per heavy atom. The van der Waals surface area contributed by atoms with Gasteiger partial charge in [-0.15, -0.1) is 10.2 Å². The molecule has 0 spiro atoms. The van der Waals surface area contributed by atoms with Gasteiger partial charge in [-0.1, -0.05) is 47.5 Å². The van der Waals surface area contributed by atoms with Crippen LogP contribution in [0, 0.1) is 0 Å². The minimum Gasteiger partial charge on any atom is -0.478 e. The Morgan fingerprint density at radius 1 is 1.32 bits per heavy atom. The highest BCUT2D eigenvalue weighted by Crippen LogP contribution is 2.34. The van der Waals surface area contributed by atoms with Gasteiger partial charge >= 0.3 is 5.97 Å². The number of hydrogen-bond donors (Lipinski definition) is 1. The van der Waals surface area contributed by atoms with Crippen molar-refractivity contribution >= 4 is 29.2 Å². The highest BCUT2D eigenvalue weighted by atomic mass is 35.5. The van der Waals surface area contributed by atoms with Crippen molar-refractivity contribution < 1.29 is 14.3 Å². The summed E-state index contributed by atoms with van der Waals surface area (Å²) in [7, 11) is 0. The predicted octanol–water partition coefficient (Wildman–Crippen LogP) is 4.10. The summed E-state index contributed by atoms with van der Waals surface area (Å²) < 4.78 is 5.64. The summed E-state index contributed by atoms with van der Waals surface area (Å²) in [4.78, 5) is 11.0. The number of nitrogens with zero attached hydrogens (tertiary/aromatic N) is 2. The van der Waals surface area contributed by atoms with Gasteiger partial charge in [-0.25, -0.2) is 4.79 Å². The quantitative estimate of drug-likeness (QED) is 0.913. The summed E-state index contributed by atoms with van der Waals surface area (Å²) in [5, 5.41) is 17.7. The van der Waals surface area contributed by atoms with Crippen LogP contribution in [0.25, 0.3) is 11.5 Å². The fourth-order valence-corrected chi connectivity index (χ4v) is 2.54. The van der Waals surface area contributed by atoms with Gasteiger partial charge < -0.3 is 9.52 Å². The summed E-state index contributed by atoms with van der Waals surface area (Å²) in [5.41, 5.74) is 0.749. The zero-order valence-electron chi connectivity index (χ0n) is 11.2. The fourth-order valence-electron chi connectivity index (χ4n) is 2.16. The summed E-state index contributed by atoms with van der Waals surface area (Å²) >= 11 is 12.1. The van der Waals surface area contributed by atoms with Crippen molar-refractivity contribution in [3.63, 3.8) is 0 Å². The average molecular weight is 337 g/mol. The van der Waals surface area contributed by atoms with Gasteiger partial charge in [0.15, 0.2) is 0 Å². The van der Waals surface area contributed by atoms with Gasteiger partial charge in [-0.2, -0.15) is 0 Å². The third-order valence-electron chi connectivity index (χ3n) is 3.25. The van der Waals surface area contributed by atoms with Gasteiger partial charge in [-0.05, 0) is 18.6 Å². The molecule has 0 radical (unpaired) electrons. The molecule has 1 heterocycles. The van der Waals surface area contributed by atoms with Crippen molar-refractivity contribution in [3.8, 4) is 11.5 Å². The number of carboxylic acid groups (broad SMARTS) is 1. The van der Waals surface area contributed by atoms with E-state index >= 15 is 0 Å². The molecule has 1 aromatic heterocycles. The van der Waals surface area contributed by atoms with Crippen molar-refractivity contribution in [2.75, 3.05) is 0 Å². The van der Waals surface area contributed by atoms with Crippen molar-refractivity contribution in [3.05, 3.63) is 57.9 Å². The lowest BCUT2D eigenvalue weighted by atomic mass is 9.96. The van der Waals surface area contributed by atoms with Crippen molar-refractivity contribution in [1.82, 2.24) is 10.2 Å². The van der Waals surface area contributed by atoms with Gasteiger partial charge in [0.2, 0.25) is 11.8 Å². The van der Waals surface area contributed by atoms with Crippen LogP contribution in [0.2, 0.25) is 10.0 Å². The molecule has 0 fully saturated rings. The number of rotatable bonds is 3. The lowest BCUT2D eigenvalue weighted by Crippen LogP contribution is -2.06. The van der Waals surface area contributed by atoms with Gasteiger partial charge in [-0.3, -0.25) is 0 Å². The zero-order valence-corrected chi connectivity index (χ0v) is 12.7. The standard InChI is InChI=1S/C15H10Cl2N2O3/c16-11-6-2-5-10(12(11)17)14-19-18-13(22-14)8-3-1-4-9(7-8)15(20)21/h1-2,4-8H,3H2,(H,20,21). The topological polar surface area (TPSA) is 76.2 Å². The van der Waals surface area contributed by atoms with Gasteiger partial charge in [0.05, 0.1) is 27.1 Å². The molecule has 1 unspecified atom stereocenters. The molecule has 7 heteroatoms. The Hall–Kier alpha value is -2.11. The van der Waals surface area contributed by atoms with E-state index in [2.05, 4.69) is 10.2 Å². The molecule has 1 aromatic carbocycles. The molecule has 1 aliphatic rings. The van der Waals surface area contributed by atoms with E-state index in [9.17, 15) is 4.79 Å². The number of aromatic nitrogens is 2. The van der Waals surface area contributed by atoms with E-state index in [1.54, 1.807) is 36.4 Å². The van der Waals surface area contributed by atoms with E-state index in [4.69, 9.17) is 32.7 Å². The smallest absolute Gasteiger partial charge is 0.335 e. The van der Waals surface area contributed by atoms with Crippen LogP contribution in [-0.4, -0.2) is 21.3 Å². The normalized spacial score (nSPS) is 17.4. The third kappa shape index (κ3) is 2.77. The molecule has 2 aromatic rings. The van der Waals surface area contributed by atoms with E-state index < -0.39 is 5.97 Å². The molecule has 1 aliphatic carbocycles. The Balaban J connectivity index is 1.93. The van der Waals surface area contributed by atoms with Crippen LogP contribution in [0.5, 0.6) is 0 Å². The maximum absolute atomic E-state index is 11.0. The minimum absolute atomic E-state index is 0.205. The van der Waals surface area contributed by atoms with E-state index in [1.807, 2.05) is 0 Å². The maximum Gasteiger partial charge on any atom is 0.335 e. The van der Waals surface area contributed by atoms with Gasteiger partial charge in [0, 0.05) is 0 Å². The highest BCUT2D eigenvalue weighted by molar-refractivity contribution is 6.43. The van der Waals surface area contributed by atoms with Crippen LogP contribution in [-0.2, 0) is 4.79 Å². The Morgan fingerprint density at radius 3 is 2.91 bits per heavy atom. The molecule has 0 saturated carbocycles. The number of benzene rings is 1. The lowest BCUT2D eigenvalue weighted by Gasteiger charge is -2.10. The predicted molar refractivity (Wildman–Crippen MR) is 82.0 cm³/mol. The number of carbonyl (C=O) groups is 1. The first-order chi connectivity index (χ1) is 10.6. The first-order valence-corrected chi connectivity index (χ1v) is 7.21. The Kier molecular flexibility index (Phi) is 4.00. The van der Waals surface area contributed by atoms with Crippen LogP contribution >= 0.6 is 23.2 Å². The van der Waals surface area contributed by atoms with Crippen LogP contribution in [0.1, 0.15) is 18.2 Å². The largest absolute Gasteiger partial charge is 0.478 e. The second-order valence-electron chi connectivity index (χ2n) is 4.72. The second kappa shape index (κ2) is 5.94. The Bertz CT molecular complexity index is 796. The fraction of sp³-hybridized carbons (Fsp3) is 0.133. The van der Waals surface area contributed by atoms with Gasteiger partial charge in [0.25, 0.3) is 0 Å². The number of allylic oxidation sites excluding steroid dienone is 2. The van der Waals surface area contributed by atoms with Crippen molar-refractivity contribution in [1.29, 1.82) is 0 Å². The second-order valence-corrected chi connectivity index (χ2v) is 5.50. The van der Waals surface area contributed by atoms with Crippen LogP contribution in [0.4, 0.5) is 0 Å². The number of carboxylic acids is 1. The summed E-state index contributed by atoms with van der Waals surface area (Å²) in [6.45, 7) is 0. The molecular formula is C15H10Cl2N2O3. The summed E-state index contributed by atoms with van der Waals surface area (Å²) in [6.07, 6.45) is 5.52. The number of halogens is 2. The molecule has 0 saturated heterocycles. The van der Waals surface area contributed by atoms with E-state index in [-0.39, 0.29) is 17.4 Å². The molecule has 3 rings (SSSR count). The van der Waals surface area contributed by atoms with E-state index in [0.717, 1.165) is 0 Å². The summed E-state index contributed by atoms with van der Waals surface area (Å²) in [5.74, 6) is -0.662. The molecule has 1 atom stereocenters.